The Balaban J connectivity index is 2.39. The zero-order valence-corrected chi connectivity index (χ0v) is 9.08. The first-order chi connectivity index (χ1) is 8.38. The lowest BCUT2D eigenvalue weighted by molar-refractivity contribution is -0.140. The monoisotopic (exact) mass is 258 g/mol. The average molecular weight is 258 g/mol. The molecule has 0 aliphatic rings. The first kappa shape index (κ1) is 12.4. The van der Waals surface area contributed by atoms with Gasteiger partial charge < -0.3 is 5.11 Å². The molecule has 4 nitrogen and oxygen atoms in total. The van der Waals surface area contributed by atoms with Crippen molar-refractivity contribution in [2.24, 2.45) is 0 Å². The molecule has 18 heavy (non-hydrogen) atoms. The minimum Gasteiger partial charge on any atom is -0.481 e. The van der Waals surface area contributed by atoms with Gasteiger partial charge in [-0.15, -0.1) is 0 Å². The predicted octanol–water partition coefficient (Wildman–Crippen LogP) is 2.60. The minimum absolute atomic E-state index is 0.0367. The number of aliphatic carboxylic acids is 1. The van der Waals surface area contributed by atoms with E-state index < -0.39 is 17.8 Å². The van der Waals surface area contributed by atoms with Gasteiger partial charge in [0.2, 0.25) is 0 Å². The molecular weight excluding hydrogens is 249 g/mol. The third kappa shape index (κ3) is 2.44. The van der Waals surface area contributed by atoms with Gasteiger partial charge in [0.25, 0.3) is 0 Å². The fourth-order valence-electron chi connectivity index (χ4n) is 1.68. The summed E-state index contributed by atoms with van der Waals surface area (Å²) in [6, 6.07) is 4.34. The zero-order valence-electron chi connectivity index (χ0n) is 9.08. The fourth-order valence-corrected chi connectivity index (χ4v) is 1.68. The summed E-state index contributed by atoms with van der Waals surface area (Å²) in [4.78, 5) is 10.4. The zero-order chi connectivity index (χ0) is 13.3. The van der Waals surface area contributed by atoms with E-state index in [0.717, 1.165) is 0 Å². The van der Waals surface area contributed by atoms with Crippen molar-refractivity contribution in [3.05, 3.63) is 29.5 Å². The number of nitrogens with zero attached hydrogens (tertiary/aromatic N) is 1. The number of aromatic amines is 1. The van der Waals surface area contributed by atoms with E-state index in [9.17, 15) is 18.0 Å². The van der Waals surface area contributed by atoms with Crippen molar-refractivity contribution in [3.63, 3.8) is 0 Å². The minimum atomic E-state index is -4.50. The number of halogens is 3. The van der Waals surface area contributed by atoms with Crippen molar-refractivity contribution in [1.82, 2.24) is 10.2 Å². The first-order valence-electron chi connectivity index (χ1n) is 5.14. The van der Waals surface area contributed by atoms with Crippen LogP contribution in [-0.4, -0.2) is 21.3 Å². The second-order valence-electron chi connectivity index (χ2n) is 3.84. The fraction of sp³-hybridized carbons (Fsp3) is 0.273. The number of carboxylic acids is 1. The third-order valence-corrected chi connectivity index (χ3v) is 2.53. The van der Waals surface area contributed by atoms with E-state index in [1.54, 1.807) is 6.07 Å². The maximum absolute atomic E-state index is 12.6. The number of benzene rings is 1. The summed E-state index contributed by atoms with van der Waals surface area (Å²) in [5.74, 6) is -0.988. The quantitative estimate of drug-likeness (QED) is 0.889. The van der Waals surface area contributed by atoms with Crippen LogP contribution in [0.25, 0.3) is 10.9 Å². The number of fused-ring (bicyclic) bond motifs is 1. The van der Waals surface area contributed by atoms with Gasteiger partial charge in [0.05, 0.1) is 5.52 Å². The van der Waals surface area contributed by atoms with Crippen molar-refractivity contribution in [2.45, 2.75) is 19.0 Å². The lowest BCUT2D eigenvalue weighted by Crippen LogP contribution is -2.06. The molecule has 2 N–H and O–H groups in total. The van der Waals surface area contributed by atoms with Crippen LogP contribution >= 0.6 is 0 Å². The summed E-state index contributed by atoms with van der Waals surface area (Å²) in [5, 5.41) is 14.0. The van der Waals surface area contributed by atoms with Crippen LogP contribution in [0.5, 0.6) is 0 Å². The standard InChI is InChI=1S/C11H9F3N2O2/c12-11(13,14)10-7-5-6(2-4-9(17)18)1-3-8(7)15-16-10/h1,3,5H,2,4H2,(H,15,16)(H,17,18). The van der Waals surface area contributed by atoms with Gasteiger partial charge in [-0.25, -0.2) is 0 Å². The molecule has 0 fully saturated rings. The van der Waals surface area contributed by atoms with Gasteiger partial charge in [0.15, 0.2) is 0 Å². The van der Waals surface area contributed by atoms with Gasteiger partial charge in [0, 0.05) is 11.8 Å². The highest BCUT2D eigenvalue weighted by Crippen LogP contribution is 2.33. The Morgan fingerprint density at radius 3 is 2.72 bits per heavy atom. The van der Waals surface area contributed by atoms with E-state index in [-0.39, 0.29) is 23.7 Å². The molecule has 0 saturated heterocycles. The van der Waals surface area contributed by atoms with Gasteiger partial charge in [-0.2, -0.15) is 18.3 Å². The molecule has 1 heterocycles. The number of alkyl halides is 3. The Morgan fingerprint density at radius 1 is 1.39 bits per heavy atom. The van der Waals surface area contributed by atoms with Crippen LogP contribution in [0.15, 0.2) is 18.2 Å². The number of nitrogens with one attached hydrogen (secondary N) is 1. The summed E-state index contributed by atoms with van der Waals surface area (Å²) >= 11 is 0. The highest BCUT2D eigenvalue weighted by Gasteiger charge is 2.34. The summed E-state index contributed by atoms with van der Waals surface area (Å²) in [6.45, 7) is 0. The molecule has 7 heteroatoms. The van der Waals surface area contributed by atoms with Crippen molar-refractivity contribution < 1.29 is 23.1 Å². The lowest BCUT2D eigenvalue weighted by Gasteiger charge is -2.04. The average Bonchev–Trinajstić information content (AvgIpc) is 2.68. The topological polar surface area (TPSA) is 66.0 Å². The summed E-state index contributed by atoms with van der Waals surface area (Å²) in [7, 11) is 0. The van der Waals surface area contributed by atoms with Gasteiger partial charge in [-0.1, -0.05) is 6.07 Å². The molecule has 1 aromatic carbocycles. The van der Waals surface area contributed by atoms with Crippen LogP contribution in [0.2, 0.25) is 0 Å². The van der Waals surface area contributed by atoms with Crippen LogP contribution in [0.3, 0.4) is 0 Å². The molecule has 0 amide bonds. The summed E-state index contributed by atoms with van der Waals surface area (Å²) < 4.78 is 37.9. The summed E-state index contributed by atoms with van der Waals surface area (Å²) in [5.41, 5.74) is -0.159. The van der Waals surface area contributed by atoms with E-state index >= 15 is 0 Å². The smallest absolute Gasteiger partial charge is 0.433 e. The van der Waals surface area contributed by atoms with Crippen molar-refractivity contribution in [1.29, 1.82) is 0 Å². The molecule has 96 valence electrons. The first-order valence-corrected chi connectivity index (χ1v) is 5.14. The molecular formula is C11H9F3N2O2. The number of carboxylic acid groups (broad SMARTS) is 1. The van der Waals surface area contributed by atoms with Gasteiger partial charge in [-0.05, 0) is 24.1 Å². The Hall–Kier alpha value is -2.05. The Kier molecular flexibility index (Phi) is 2.98. The van der Waals surface area contributed by atoms with Gasteiger partial charge in [-0.3, -0.25) is 9.89 Å². The van der Waals surface area contributed by atoms with E-state index in [1.165, 1.54) is 12.1 Å². The second kappa shape index (κ2) is 4.32. The number of hydrogen-bond donors (Lipinski definition) is 2. The Morgan fingerprint density at radius 2 is 2.11 bits per heavy atom. The highest BCUT2D eigenvalue weighted by atomic mass is 19.4. The molecule has 0 saturated carbocycles. The third-order valence-electron chi connectivity index (χ3n) is 2.53. The SMILES string of the molecule is O=C(O)CCc1ccc2n[nH]c(C(F)(F)F)c2c1. The normalized spacial score (nSPS) is 11.9. The molecule has 0 unspecified atom stereocenters. The molecule has 0 radical (unpaired) electrons. The molecule has 0 bridgehead atoms. The number of aromatic nitrogens is 2. The molecule has 0 spiro atoms. The Labute approximate surface area is 99.4 Å². The second-order valence-corrected chi connectivity index (χ2v) is 3.84. The molecule has 2 rings (SSSR count). The maximum atomic E-state index is 12.6. The van der Waals surface area contributed by atoms with Crippen LogP contribution in [-0.2, 0) is 17.4 Å². The van der Waals surface area contributed by atoms with Crippen LogP contribution in [0, 0.1) is 0 Å². The van der Waals surface area contributed by atoms with E-state index in [0.29, 0.717) is 5.56 Å². The highest BCUT2D eigenvalue weighted by molar-refractivity contribution is 5.82. The van der Waals surface area contributed by atoms with E-state index in [4.69, 9.17) is 5.11 Å². The Bertz CT molecular complexity index is 589. The predicted molar refractivity (Wildman–Crippen MR) is 57.1 cm³/mol. The number of aryl methyl sites for hydroxylation is 1. The maximum Gasteiger partial charge on any atom is 0.433 e. The lowest BCUT2D eigenvalue weighted by atomic mass is 10.1. The van der Waals surface area contributed by atoms with Crippen LogP contribution in [0.1, 0.15) is 17.7 Å². The number of rotatable bonds is 3. The summed E-state index contributed by atoms with van der Waals surface area (Å²) in [6.07, 6.45) is -4.43. The van der Waals surface area contributed by atoms with Crippen molar-refractivity contribution in [2.75, 3.05) is 0 Å². The molecule has 0 aliphatic heterocycles. The van der Waals surface area contributed by atoms with E-state index in [1.807, 2.05) is 5.10 Å². The molecule has 2 aromatic rings. The van der Waals surface area contributed by atoms with E-state index in [2.05, 4.69) is 5.10 Å². The molecule has 0 atom stereocenters. The number of hydrogen-bond acceptors (Lipinski definition) is 2. The largest absolute Gasteiger partial charge is 0.481 e. The number of H-pyrrole nitrogens is 1. The van der Waals surface area contributed by atoms with Gasteiger partial charge in [0.1, 0.15) is 5.69 Å². The van der Waals surface area contributed by atoms with Gasteiger partial charge >= 0.3 is 12.1 Å². The number of carbonyl (C=O) groups is 1. The van der Waals surface area contributed by atoms with Crippen LogP contribution in [0.4, 0.5) is 13.2 Å². The van der Waals surface area contributed by atoms with Crippen molar-refractivity contribution >= 4 is 16.9 Å². The molecule has 1 aromatic heterocycles. The molecule has 0 aliphatic carbocycles. The van der Waals surface area contributed by atoms with Crippen molar-refractivity contribution in [3.8, 4) is 0 Å². The van der Waals surface area contributed by atoms with Crippen LogP contribution < -0.4 is 0 Å².